The van der Waals surface area contributed by atoms with Crippen LogP contribution in [0.15, 0.2) is 22.7 Å². The molecule has 2 aromatic rings. The Labute approximate surface area is 106 Å². The standard InChI is InChI=1S/C11H9F2N3O3/c1-6-4-7(15-19-6)5-14-11-9(16(17)18)3-2-8(12)10(11)13/h2-4,14H,5H2,1H3. The second-order valence-electron chi connectivity index (χ2n) is 3.80. The summed E-state index contributed by atoms with van der Waals surface area (Å²) in [4.78, 5) is 9.95. The zero-order valence-corrected chi connectivity index (χ0v) is 9.81. The highest BCUT2D eigenvalue weighted by Crippen LogP contribution is 2.29. The van der Waals surface area contributed by atoms with Crippen molar-refractivity contribution in [2.75, 3.05) is 5.32 Å². The Balaban J connectivity index is 2.28. The minimum absolute atomic E-state index is 0.0153. The summed E-state index contributed by atoms with van der Waals surface area (Å²) in [5.74, 6) is -1.91. The summed E-state index contributed by atoms with van der Waals surface area (Å²) >= 11 is 0. The van der Waals surface area contributed by atoms with Gasteiger partial charge in [0.2, 0.25) is 0 Å². The molecule has 0 bridgehead atoms. The zero-order chi connectivity index (χ0) is 14.0. The average molecular weight is 269 g/mol. The van der Waals surface area contributed by atoms with Crippen molar-refractivity contribution in [3.05, 3.63) is 51.4 Å². The average Bonchev–Trinajstić information content (AvgIpc) is 2.76. The van der Waals surface area contributed by atoms with E-state index in [0.717, 1.165) is 6.07 Å². The van der Waals surface area contributed by atoms with Gasteiger partial charge in [0.25, 0.3) is 5.69 Å². The van der Waals surface area contributed by atoms with E-state index < -0.39 is 27.9 Å². The predicted molar refractivity (Wildman–Crippen MR) is 61.6 cm³/mol. The number of halogens is 2. The minimum atomic E-state index is -1.30. The maximum atomic E-state index is 13.5. The summed E-state index contributed by atoms with van der Waals surface area (Å²) in [5, 5.41) is 16.8. The van der Waals surface area contributed by atoms with Gasteiger partial charge in [-0.25, -0.2) is 8.78 Å². The molecule has 100 valence electrons. The molecule has 0 unspecified atom stereocenters. The number of aryl methyl sites for hydroxylation is 1. The fourth-order valence-corrected chi connectivity index (χ4v) is 1.54. The van der Waals surface area contributed by atoms with E-state index in [0.29, 0.717) is 17.5 Å². The molecule has 2 rings (SSSR count). The van der Waals surface area contributed by atoms with Crippen molar-refractivity contribution in [3.63, 3.8) is 0 Å². The van der Waals surface area contributed by atoms with Gasteiger partial charge in [-0.05, 0) is 13.0 Å². The number of nitrogens with zero attached hydrogens (tertiary/aromatic N) is 2. The minimum Gasteiger partial charge on any atom is -0.371 e. The number of hydrogen-bond acceptors (Lipinski definition) is 5. The quantitative estimate of drug-likeness (QED) is 0.681. The third kappa shape index (κ3) is 2.67. The highest BCUT2D eigenvalue weighted by Gasteiger charge is 2.21. The van der Waals surface area contributed by atoms with Gasteiger partial charge in [0, 0.05) is 12.1 Å². The van der Waals surface area contributed by atoms with Crippen molar-refractivity contribution < 1.29 is 18.2 Å². The fraction of sp³-hybridized carbons (Fsp3) is 0.182. The normalized spacial score (nSPS) is 10.5. The van der Waals surface area contributed by atoms with E-state index in [1.807, 2.05) is 0 Å². The van der Waals surface area contributed by atoms with Crippen LogP contribution < -0.4 is 5.32 Å². The third-order valence-electron chi connectivity index (χ3n) is 2.39. The summed E-state index contributed by atoms with van der Waals surface area (Å²) in [6, 6.07) is 3.18. The lowest BCUT2D eigenvalue weighted by Crippen LogP contribution is -2.06. The molecule has 0 spiro atoms. The zero-order valence-electron chi connectivity index (χ0n) is 9.81. The first-order chi connectivity index (χ1) is 8.99. The first kappa shape index (κ1) is 12.9. The molecule has 1 N–H and O–H groups in total. The number of rotatable bonds is 4. The van der Waals surface area contributed by atoms with Gasteiger partial charge in [0.05, 0.1) is 11.5 Å². The molecule has 1 aromatic carbocycles. The van der Waals surface area contributed by atoms with Crippen molar-refractivity contribution in [2.24, 2.45) is 0 Å². The topological polar surface area (TPSA) is 81.2 Å². The Morgan fingerprint density at radius 3 is 2.79 bits per heavy atom. The number of nitro benzene ring substituents is 1. The van der Waals surface area contributed by atoms with Crippen molar-refractivity contribution in [1.82, 2.24) is 5.16 Å². The van der Waals surface area contributed by atoms with E-state index in [4.69, 9.17) is 4.52 Å². The fourth-order valence-electron chi connectivity index (χ4n) is 1.54. The van der Waals surface area contributed by atoms with E-state index in [2.05, 4.69) is 10.5 Å². The molecule has 19 heavy (non-hydrogen) atoms. The molecule has 0 aliphatic carbocycles. The number of anilines is 1. The van der Waals surface area contributed by atoms with E-state index in [1.54, 1.807) is 13.0 Å². The maximum Gasteiger partial charge on any atom is 0.295 e. The van der Waals surface area contributed by atoms with Gasteiger partial charge >= 0.3 is 0 Å². The molecule has 0 aliphatic heterocycles. The Bertz CT molecular complexity index is 628. The Kier molecular flexibility index (Phi) is 3.41. The molecule has 0 aliphatic rings. The van der Waals surface area contributed by atoms with Crippen LogP contribution in [0.1, 0.15) is 11.5 Å². The van der Waals surface area contributed by atoms with Crippen LogP contribution in [-0.2, 0) is 6.54 Å². The van der Waals surface area contributed by atoms with Crippen LogP contribution in [0.4, 0.5) is 20.2 Å². The van der Waals surface area contributed by atoms with Crippen LogP contribution in [0, 0.1) is 28.7 Å². The lowest BCUT2D eigenvalue weighted by Gasteiger charge is -2.06. The van der Waals surface area contributed by atoms with Crippen LogP contribution >= 0.6 is 0 Å². The highest BCUT2D eigenvalue weighted by molar-refractivity contribution is 5.62. The number of hydrogen-bond donors (Lipinski definition) is 1. The molecular formula is C11H9F2N3O3. The van der Waals surface area contributed by atoms with Gasteiger partial charge in [0.15, 0.2) is 17.3 Å². The van der Waals surface area contributed by atoms with E-state index in [-0.39, 0.29) is 6.54 Å². The van der Waals surface area contributed by atoms with Gasteiger partial charge in [-0.2, -0.15) is 0 Å². The van der Waals surface area contributed by atoms with Crippen molar-refractivity contribution >= 4 is 11.4 Å². The van der Waals surface area contributed by atoms with Crippen LogP contribution in [0.2, 0.25) is 0 Å². The maximum absolute atomic E-state index is 13.5. The second kappa shape index (κ2) is 5.01. The molecule has 1 aromatic heterocycles. The lowest BCUT2D eigenvalue weighted by atomic mass is 10.2. The van der Waals surface area contributed by atoms with Crippen LogP contribution in [0.3, 0.4) is 0 Å². The van der Waals surface area contributed by atoms with Crippen LogP contribution in [0.25, 0.3) is 0 Å². The van der Waals surface area contributed by atoms with Gasteiger partial charge in [-0.15, -0.1) is 0 Å². The molecule has 1 heterocycles. The Morgan fingerprint density at radius 1 is 1.47 bits per heavy atom. The molecule has 0 saturated carbocycles. The Hall–Kier alpha value is -2.51. The first-order valence-electron chi connectivity index (χ1n) is 5.27. The van der Waals surface area contributed by atoms with Gasteiger partial charge in [-0.1, -0.05) is 5.16 Å². The van der Waals surface area contributed by atoms with E-state index in [1.165, 1.54) is 0 Å². The monoisotopic (exact) mass is 269 g/mol. The number of aromatic nitrogens is 1. The summed E-state index contributed by atoms with van der Waals surface area (Å²) in [6.45, 7) is 1.65. The Morgan fingerprint density at radius 2 is 2.21 bits per heavy atom. The summed E-state index contributed by atoms with van der Waals surface area (Å²) in [6.07, 6.45) is 0. The van der Waals surface area contributed by atoms with Gasteiger partial charge < -0.3 is 9.84 Å². The van der Waals surface area contributed by atoms with Crippen molar-refractivity contribution in [1.29, 1.82) is 0 Å². The van der Waals surface area contributed by atoms with Gasteiger partial charge in [0.1, 0.15) is 11.5 Å². The molecule has 0 atom stereocenters. The smallest absolute Gasteiger partial charge is 0.295 e. The van der Waals surface area contributed by atoms with E-state index >= 15 is 0 Å². The molecule has 0 saturated heterocycles. The molecule has 0 radical (unpaired) electrons. The molecular weight excluding hydrogens is 260 g/mol. The number of nitro groups is 1. The molecule has 0 fully saturated rings. The lowest BCUT2D eigenvalue weighted by molar-refractivity contribution is -0.384. The first-order valence-corrected chi connectivity index (χ1v) is 5.27. The summed E-state index contributed by atoms with van der Waals surface area (Å²) < 4.78 is 31.4. The number of benzene rings is 1. The van der Waals surface area contributed by atoms with Crippen molar-refractivity contribution in [2.45, 2.75) is 13.5 Å². The largest absolute Gasteiger partial charge is 0.371 e. The molecule has 0 amide bonds. The SMILES string of the molecule is Cc1cc(CNc2c([N+](=O)[O-])ccc(F)c2F)no1. The second-order valence-corrected chi connectivity index (χ2v) is 3.80. The highest BCUT2D eigenvalue weighted by atomic mass is 19.2. The van der Waals surface area contributed by atoms with Crippen LogP contribution in [-0.4, -0.2) is 10.1 Å². The summed E-state index contributed by atoms with van der Waals surface area (Å²) in [7, 11) is 0. The van der Waals surface area contributed by atoms with Crippen LogP contribution in [0.5, 0.6) is 0 Å². The molecule has 8 heteroatoms. The molecule has 6 nitrogen and oxygen atoms in total. The number of nitrogens with one attached hydrogen (secondary N) is 1. The summed E-state index contributed by atoms with van der Waals surface area (Å²) in [5.41, 5.74) is -0.625. The third-order valence-corrected chi connectivity index (χ3v) is 2.39. The van der Waals surface area contributed by atoms with Gasteiger partial charge in [-0.3, -0.25) is 10.1 Å². The van der Waals surface area contributed by atoms with Crippen molar-refractivity contribution in [3.8, 4) is 0 Å². The predicted octanol–water partition coefficient (Wildman–Crippen LogP) is 2.78. The van der Waals surface area contributed by atoms with E-state index in [9.17, 15) is 18.9 Å².